The van der Waals surface area contributed by atoms with Crippen molar-refractivity contribution in [3.63, 3.8) is 0 Å². The molecule has 23 heavy (non-hydrogen) atoms. The highest BCUT2D eigenvalue weighted by Crippen LogP contribution is 2.39. The van der Waals surface area contributed by atoms with Crippen molar-refractivity contribution in [2.24, 2.45) is 0 Å². The molecule has 4 rings (SSSR count). The van der Waals surface area contributed by atoms with E-state index in [2.05, 4.69) is 22.1 Å². The highest BCUT2D eigenvalue weighted by atomic mass is 32.1. The Morgan fingerprint density at radius 1 is 1.30 bits per heavy atom. The summed E-state index contributed by atoms with van der Waals surface area (Å²) in [5, 5.41) is 9.61. The van der Waals surface area contributed by atoms with Gasteiger partial charge in [0, 0.05) is 4.88 Å². The first kappa shape index (κ1) is 14.1. The third kappa shape index (κ3) is 2.35. The molecule has 1 atom stereocenters. The second-order valence-corrected chi connectivity index (χ2v) is 6.84. The van der Waals surface area contributed by atoms with Gasteiger partial charge in [0.2, 0.25) is 5.82 Å². The van der Waals surface area contributed by atoms with Gasteiger partial charge in [0.15, 0.2) is 0 Å². The molecule has 0 amide bonds. The number of thiophene rings is 1. The molecule has 0 radical (unpaired) electrons. The molecule has 116 valence electrons. The summed E-state index contributed by atoms with van der Waals surface area (Å²) >= 11 is 1.45. The second kappa shape index (κ2) is 5.31. The number of aromatic carboxylic acids is 1. The molecule has 1 aromatic carbocycles. The molecular weight excluding hydrogens is 312 g/mol. The molecule has 5 nitrogen and oxygen atoms in total. The number of nitrogens with zero attached hydrogens (tertiary/aromatic N) is 1. The number of fused-ring (bicyclic) bond motifs is 3. The van der Waals surface area contributed by atoms with Gasteiger partial charge in [-0.25, -0.2) is 9.78 Å². The normalized spacial score (nSPS) is 17.1. The van der Waals surface area contributed by atoms with E-state index in [0.717, 1.165) is 29.7 Å². The molecule has 0 aliphatic heterocycles. The molecule has 2 heterocycles. The maximum absolute atomic E-state index is 12.2. The third-order valence-corrected chi connectivity index (χ3v) is 5.54. The Kier molecular flexibility index (Phi) is 3.27. The number of hydrogen-bond acceptors (Lipinski definition) is 4. The first-order valence-electron chi connectivity index (χ1n) is 7.46. The lowest BCUT2D eigenvalue weighted by molar-refractivity contribution is 0.0683. The summed E-state index contributed by atoms with van der Waals surface area (Å²) in [5.41, 5.74) is 2.01. The van der Waals surface area contributed by atoms with Crippen LogP contribution < -0.4 is 5.56 Å². The quantitative estimate of drug-likeness (QED) is 0.758. The largest absolute Gasteiger partial charge is 0.475 e. The number of benzene rings is 1. The van der Waals surface area contributed by atoms with Gasteiger partial charge in [-0.15, -0.1) is 11.3 Å². The van der Waals surface area contributed by atoms with Gasteiger partial charge < -0.3 is 10.1 Å². The minimum absolute atomic E-state index is 0.291. The zero-order valence-electron chi connectivity index (χ0n) is 12.2. The van der Waals surface area contributed by atoms with Crippen LogP contribution in [0.1, 0.15) is 39.0 Å². The number of aryl methyl sites for hydroxylation is 1. The first-order chi connectivity index (χ1) is 11.1. The Morgan fingerprint density at radius 3 is 2.83 bits per heavy atom. The molecule has 0 bridgehead atoms. The van der Waals surface area contributed by atoms with Crippen molar-refractivity contribution in [2.45, 2.75) is 25.2 Å². The van der Waals surface area contributed by atoms with Crippen LogP contribution in [0.2, 0.25) is 0 Å². The Balaban J connectivity index is 1.80. The number of aromatic nitrogens is 2. The van der Waals surface area contributed by atoms with Crippen molar-refractivity contribution in [2.75, 3.05) is 0 Å². The van der Waals surface area contributed by atoms with E-state index >= 15 is 0 Å². The number of rotatable bonds is 2. The smallest absolute Gasteiger partial charge is 0.372 e. The Labute approximate surface area is 135 Å². The molecule has 2 aromatic heterocycles. The molecule has 0 spiro atoms. The van der Waals surface area contributed by atoms with Gasteiger partial charge in [-0.2, -0.15) is 0 Å². The summed E-state index contributed by atoms with van der Waals surface area (Å²) in [5.74, 6) is -1.06. The van der Waals surface area contributed by atoms with Gasteiger partial charge in [-0.05, 0) is 36.3 Å². The lowest BCUT2D eigenvalue weighted by atomic mass is 9.83. The number of carbonyl (C=O) groups is 1. The summed E-state index contributed by atoms with van der Waals surface area (Å²) in [7, 11) is 0. The number of H-pyrrole nitrogens is 1. The molecular formula is C17H14N2O3S. The minimum Gasteiger partial charge on any atom is -0.475 e. The highest BCUT2D eigenvalue weighted by molar-refractivity contribution is 7.18. The number of nitrogens with one attached hydrogen (secondary N) is 1. The van der Waals surface area contributed by atoms with Gasteiger partial charge in [0.25, 0.3) is 5.56 Å². The molecule has 2 N–H and O–H groups in total. The number of carboxylic acids is 1. The maximum Gasteiger partial charge on any atom is 0.372 e. The zero-order valence-corrected chi connectivity index (χ0v) is 13.0. The molecule has 0 saturated carbocycles. The van der Waals surface area contributed by atoms with E-state index < -0.39 is 5.97 Å². The van der Waals surface area contributed by atoms with Crippen LogP contribution in [0.4, 0.5) is 0 Å². The third-order valence-electron chi connectivity index (χ3n) is 4.39. The zero-order chi connectivity index (χ0) is 16.0. The molecule has 3 aromatic rings. The van der Waals surface area contributed by atoms with E-state index in [9.17, 15) is 9.59 Å². The van der Waals surface area contributed by atoms with E-state index in [1.54, 1.807) is 0 Å². The van der Waals surface area contributed by atoms with Crippen molar-refractivity contribution in [3.05, 3.63) is 62.5 Å². The summed E-state index contributed by atoms with van der Waals surface area (Å²) in [4.78, 5) is 31.4. The molecule has 0 saturated heterocycles. The summed E-state index contributed by atoms with van der Waals surface area (Å²) in [6.07, 6.45) is 2.69. The van der Waals surface area contributed by atoms with Crippen molar-refractivity contribution >= 4 is 27.5 Å². The average molecular weight is 326 g/mol. The fourth-order valence-electron chi connectivity index (χ4n) is 3.29. The molecule has 0 fully saturated rings. The van der Waals surface area contributed by atoms with Gasteiger partial charge in [-0.1, -0.05) is 30.3 Å². The fraction of sp³-hybridized carbons (Fsp3) is 0.235. The Morgan fingerprint density at radius 2 is 2.09 bits per heavy atom. The predicted octanol–water partition coefficient (Wildman–Crippen LogP) is 2.96. The van der Waals surface area contributed by atoms with Gasteiger partial charge in [0.05, 0.1) is 5.39 Å². The number of hydrogen-bond donors (Lipinski definition) is 2. The lowest BCUT2D eigenvalue weighted by Crippen LogP contribution is -2.17. The van der Waals surface area contributed by atoms with Crippen LogP contribution in [-0.4, -0.2) is 21.0 Å². The van der Waals surface area contributed by atoms with E-state index in [1.165, 1.54) is 16.9 Å². The van der Waals surface area contributed by atoms with Crippen molar-refractivity contribution in [1.29, 1.82) is 0 Å². The predicted molar refractivity (Wildman–Crippen MR) is 88.4 cm³/mol. The Hall–Kier alpha value is -2.47. The first-order valence-corrected chi connectivity index (χ1v) is 8.28. The van der Waals surface area contributed by atoms with Crippen LogP contribution in [0.5, 0.6) is 0 Å². The summed E-state index contributed by atoms with van der Waals surface area (Å²) < 4.78 is 0. The van der Waals surface area contributed by atoms with E-state index in [-0.39, 0.29) is 11.4 Å². The van der Waals surface area contributed by atoms with Gasteiger partial charge in [-0.3, -0.25) is 4.79 Å². The van der Waals surface area contributed by atoms with Crippen molar-refractivity contribution < 1.29 is 9.90 Å². The van der Waals surface area contributed by atoms with Crippen LogP contribution in [-0.2, 0) is 12.8 Å². The van der Waals surface area contributed by atoms with E-state index in [1.807, 2.05) is 18.2 Å². The topological polar surface area (TPSA) is 83.0 Å². The maximum atomic E-state index is 12.2. The minimum atomic E-state index is -1.21. The molecule has 1 aliphatic rings. The molecule has 6 heteroatoms. The van der Waals surface area contributed by atoms with Crippen LogP contribution in [0.25, 0.3) is 10.2 Å². The second-order valence-electron chi connectivity index (χ2n) is 5.75. The van der Waals surface area contributed by atoms with E-state index in [0.29, 0.717) is 16.1 Å². The standard InChI is InChI=1S/C17H14N2O3S/c20-15-13-11-7-6-10(9-4-2-1-3-5-9)8-12(11)23-16(13)19-14(18-15)17(21)22/h1-5,10H,6-8H2,(H,21,22)(H,18,19,20). The number of carboxylic acid groups (broad SMARTS) is 1. The van der Waals surface area contributed by atoms with E-state index in [4.69, 9.17) is 5.11 Å². The van der Waals surface area contributed by atoms with Crippen LogP contribution >= 0.6 is 11.3 Å². The SMILES string of the molecule is O=C(O)c1nc2sc3c(c2c(=O)[nH]1)CCC(c1ccccc1)C3. The molecule has 1 aliphatic carbocycles. The van der Waals surface area contributed by atoms with Crippen molar-refractivity contribution in [1.82, 2.24) is 9.97 Å². The summed E-state index contributed by atoms with van der Waals surface area (Å²) in [6.45, 7) is 0. The van der Waals surface area contributed by atoms with Crippen LogP contribution in [0.3, 0.4) is 0 Å². The highest BCUT2D eigenvalue weighted by Gasteiger charge is 2.26. The summed E-state index contributed by atoms with van der Waals surface area (Å²) in [6, 6.07) is 10.4. The van der Waals surface area contributed by atoms with Crippen molar-refractivity contribution in [3.8, 4) is 0 Å². The average Bonchev–Trinajstić information content (AvgIpc) is 2.93. The van der Waals surface area contributed by atoms with Gasteiger partial charge in [0.1, 0.15) is 4.83 Å². The van der Waals surface area contributed by atoms with Crippen LogP contribution in [0, 0.1) is 0 Å². The monoisotopic (exact) mass is 326 g/mol. The fourth-order valence-corrected chi connectivity index (χ4v) is 4.60. The lowest BCUT2D eigenvalue weighted by Gasteiger charge is -2.22. The number of aromatic amines is 1. The molecule has 1 unspecified atom stereocenters. The van der Waals surface area contributed by atoms with Crippen LogP contribution in [0.15, 0.2) is 35.1 Å². The van der Waals surface area contributed by atoms with Gasteiger partial charge >= 0.3 is 5.97 Å². The Bertz CT molecular complexity index is 959.